The number of halogens is 1. The van der Waals surface area contributed by atoms with Gasteiger partial charge in [0, 0.05) is 70.8 Å². The second kappa shape index (κ2) is 14.8. The zero-order valence-corrected chi connectivity index (χ0v) is 21.0. The number of aryl methyl sites for hydroxylation is 1. The molecule has 3 N–H and O–H groups in total. The van der Waals surface area contributed by atoms with Crippen molar-refractivity contribution in [1.29, 1.82) is 0 Å². The molecular weight excluding hydrogens is 521 g/mol. The summed E-state index contributed by atoms with van der Waals surface area (Å²) in [4.78, 5) is 18.8. The summed E-state index contributed by atoms with van der Waals surface area (Å²) >= 11 is 0. The van der Waals surface area contributed by atoms with Gasteiger partial charge < -0.3 is 20.7 Å². The monoisotopic (exact) mass is 555 g/mol. The van der Waals surface area contributed by atoms with E-state index < -0.39 is 0 Å². The molecule has 0 saturated carbocycles. The summed E-state index contributed by atoms with van der Waals surface area (Å²) in [5.74, 6) is 0.784. The molecule has 2 aromatic rings. The van der Waals surface area contributed by atoms with Crippen LogP contribution in [0.25, 0.3) is 0 Å². The van der Waals surface area contributed by atoms with Gasteiger partial charge in [-0.25, -0.2) is 0 Å². The van der Waals surface area contributed by atoms with E-state index in [0.717, 1.165) is 69.6 Å². The molecule has 3 rings (SSSR count). The minimum absolute atomic E-state index is 0. The normalized spacial score (nSPS) is 14.5. The third-order valence-electron chi connectivity index (χ3n) is 5.07. The molecule has 1 amide bonds. The molecule has 1 aromatic carbocycles. The number of amides is 1. The number of benzene rings is 1. The summed E-state index contributed by atoms with van der Waals surface area (Å²) in [6, 6.07) is 9.81. The van der Waals surface area contributed by atoms with Gasteiger partial charge in [-0.15, -0.1) is 24.0 Å². The average Bonchev–Trinajstić information content (AvgIpc) is 3.32. The molecule has 0 atom stereocenters. The van der Waals surface area contributed by atoms with E-state index in [9.17, 15) is 4.79 Å². The molecule has 10 heteroatoms. The number of carbonyl (C=O) groups excluding carboxylic acids is 1. The lowest BCUT2D eigenvalue weighted by Crippen LogP contribution is -2.38. The van der Waals surface area contributed by atoms with Gasteiger partial charge in [0.25, 0.3) is 0 Å². The highest BCUT2D eigenvalue weighted by molar-refractivity contribution is 14.0. The molecule has 1 fully saturated rings. The van der Waals surface area contributed by atoms with Gasteiger partial charge in [0.2, 0.25) is 5.91 Å². The second-order valence-corrected chi connectivity index (χ2v) is 7.43. The molecule has 0 unspecified atom stereocenters. The molecule has 1 aliphatic rings. The number of nitrogens with one attached hydrogen (secondary N) is 3. The maximum Gasteiger partial charge on any atom is 0.225 e. The topological polar surface area (TPSA) is 95.8 Å². The Morgan fingerprint density at radius 1 is 1.19 bits per heavy atom. The summed E-state index contributed by atoms with van der Waals surface area (Å²) in [5, 5.41) is 13.8. The Morgan fingerprint density at radius 3 is 2.78 bits per heavy atom. The molecule has 2 heterocycles. The quantitative estimate of drug-likeness (QED) is 0.180. The van der Waals surface area contributed by atoms with Gasteiger partial charge in [0.05, 0.1) is 13.2 Å². The van der Waals surface area contributed by atoms with Crippen molar-refractivity contribution < 1.29 is 9.53 Å². The van der Waals surface area contributed by atoms with Crippen molar-refractivity contribution in [1.82, 2.24) is 25.3 Å². The van der Waals surface area contributed by atoms with Crippen molar-refractivity contribution in [2.45, 2.75) is 25.9 Å². The Labute approximate surface area is 207 Å². The lowest BCUT2D eigenvalue weighted by atomic mass is 10.2. The van der Waals surface area contributed by atoms with Gasteiger partial charge in [-0.3, -0.25) is 19.4 Å². The molecule has 1 aliphatic heterocycles. The highest BCUT2D eigenvalue weighted by Crippen LogP contribution is 2.11. The zero-order valence-electron chi connectivity index (χ0n) is 18.6. The van der Waals surface area contributed by atoms with Crippen molar-refractivity contribution in [3.63, 3.8) is 0 Å². The lowest BCUT2D eigenvalue weighted by Gasteiger charge is -2.26. The first kappa shape index (κ1) is 26.1. The minimum Gasteiger partial charge on any atom is -0.379 e. The van der Waals surface area contributed by atoms with E-state index in [2.05, 4.69) is 30.9 Å². The number of ether oxygens (including phenoxy) is 1. The SMILES string of the molecule is CN=C(NCCCn1cccn1)NCc1cccc(NC(=O)CCN2CCOCC2)c1.I. The number of guanidine groups is 1. The Balaban J connectivity index is 0.00000363. The third-order valence-corrected chi connectivity index (χ3v) is 5.07. The first-order valence-corrected chi connectivity index (χ1v) is 10.8. The predicted molar refractivity (Wildman–Crippen MR) is 137 cm³/mol. The third kappa shape index (κ3) is 9.53. The number of morpholine rings is 1. The Morgan fingerprint density at radius 2 is 2.03 bits per heavy atom. The number of rotatable bonds is 10. The van der Waals surface area contributed by atoms with Crippen LogP contribution >= 0.6 is 24.0 Å². The number of hydrogen-bond acceptors (Lipinski definition) is 5. The maximum absolute atomic E-state index is 12.3. The Hall–Kier alpha value is -2.18. The molecule has 0 bridgehead atoms. The van der Waals surface area contributed by atoms with Crippen molar-refractivity contribution in [2.75, 3.05) is 51.8 Å². The number of anilines is 1. The van der Waals surface area contributed by atoms with Gasteiger partial charge in [0.15, 0.2) is 5.96 Å². The van der Waals surface area contributed by atoms with E-state index in [1.807, 2.05) is 41.2 Å². The van der Waals surface area contributed by atoms with Crippen molar-refractivity contribution in [2.24, 2.45) is 4.99 Å². The van der Waals surface area contributed by atoms with Crippen LogP contribution in [0.1, 0.15) is 18.4 Å². The van der Waals surface area contributed by atoms with Crippen LogP contribution in [-0.2, 0) is 22.6 Å². The molecule has 9 nitrogen and oxygen atoms in total. The number of carbonyl (C=O) groups is 1. The fraction of sp³-hybridized carbons (Fsp3) is 0.500. The molecule has 176 valence electrons. The van der Waals surface area contributed by atoms with Gasteiger partial charge in [-0.05, 0) is 30.2 Å². The summed E-state index contributed by atoms with van der Waals surface area (Å²) in [6.45, 7) is 6.34. The fourth-order valence-electron chi connectivity index (χ4n) is 3.35. The van der Waals surface area contributed by atoms with Crippen LogP contribution in [-0.4, -0.2) is 73.0 Å². The largest absolute Gasteiger partial charge is 0.379 e. The van der Waals surface area contributed by atoms with E-state index in [4.69, 9.17) is 4.74 Å². The van der Waals surface area contributed by atoms with Gasteiger partial charge in [-0.1, -0.05) is 12.1 Å². The molecule has 32 heavy (non-hydrogen) atoms. The first-order chi connectivity index (χ1) is 15.2. The summed E-state index contributed by atoms with van der Waals surface area (Å²) < 4.78 is 7.26. The van der Waals surface area contributed by atoms with Gasteiger partial charge >= 0.3 is 0 Å². The Kier molecular flexibility index (Phi) is 12.1. The summed E-state index contributed by atoms with van der Waals surface area (Å²) in [7, 11) is 1.76. The van der Waals surface area contributed by atoms with E-state index in [1.165, 1.54) is 0 Å². The van der Waals surface area contributed by atoms with Crippen molar-refractivity contribution in [3.8, 4) is 0 Å². The molecular formula is C22H34IN7O2. The smallest absolute Gasteiger partial charge is 0.225 e. The second-order valence-electron chi connectivity index (χ2n) is 7.43. The lowest BCUT2D eigenvalue weighted by molar-refractivity contribution is -0.116. The van der Waals surface area contributed by atoms with Crippen LogP contribution in [0.4, 0.5) is 5.69 Å². The minimum atomic E-state index is 0. The predicted octanol–water partition coefficient (Wildman–Crippen LogP) is 1.92. The maximum atomic E-state index is 12.3. The zero-order chi connectivity index (χ0) is 21.7. The summed E-state index contributed by atoms with van der Waals surface area (Å²) in [6.07, 6.45) is 5.18. The van der Waals surface area contributed by atoms with Gasteiger partial charge in [-0.2, -0.15) is 5.10 Å². The Bertz CT molecular complexity index is 823. The molecule has 0 spiro atoms. The van der Waals surface area contributed by atoms with Crippen LogP contribution in [0.3, 0.4) is 0 Å². The highest BCUT2D eigenvalue weighted by atomic mass is 127. The average molecular weight is 555 g/mol. The van der Waals surface area contributed by atoms with E-state index in [-0.39, 0.29) is 29.9 Å². The number of aromatic nitrogens is 2. The van der Waals surface area contributed by atoms with Crippen LogP contribution in [0.15, 0.2) is 47.7 Å². The van der Waals surface area contributed by atoms with Crippen LogP contribution in [0.5, 0.6) is 0 Å². The van der Waals surface area contributed by atoms with Crippen LogP contribution in [0, 0.1) is 0 Å². The van der Waals surface area contributed by atoms with Crippen LogP contribution < -0.4 is 16.0 Å². The summed E-state index contributed by atoms with van der Waals surface area (Å²) in [5.41, 5.74) is 1.89. The molecule has 0 radical (unpaired) electrons. The van der Waals surface area contributed by atoms with Crippen molar-refractivity contribution in [3.05, 3.63) is 48.3 Å². The molecule has 1 saturated heterocycles. The first-order valence-electron chi connectivity index (χ1n) is 10.8. The van der Waals surface area contributed by atoms with Crippen molar-refractivity contribution >= 4 is 41.5 Å². The van der Waals surface area contributed by atoms with Crippen LogP contribution in [0.2, 0.25) is 0 Å². The van der Waals surface area contributed by atoms with E-state index >= 15 is 0 Å². The van der Waals surface area contributed by atoms with E-state index in [0.29, 0.717) is 13.0 Å². The fourth-order valence-corrected chi connectivity index (χ4v) is 3.35. The molecule has 1 aromatic heterocycles. The number of aliphatic imine (C=N–C) groups is 1. The highest BCUT2D eigenvalue weighted by Gasteiger charge is 2.12. The number of nitrogens with zero attached hydrogens (tertiary/aromatic N) is 4. The standard InChI is InChI=1S/C22H33N7O2.HI/c1-23-22(24-8-3-10-29-11-4-9-26-29)25-18-19-5-2-6-20(17-19)27-21(30)7-12-28-13-15-31-16-14-28;/h2,4-6,9,11,17H,3,7-8,10,12-16,18H2,1H3,(H,27,30)(H2,23,24,25);1H. The van der Waals surface area contributed by atoms with Gasteiger partial charge in [0.1, 0.15) is 0 Å². The van der Waals surface area contributed by atoms with E-state index in [1.54, 1.807) is 13.2 Å². The number of hydrogen-bond donors (Lipinski definition) is 3. The molecule has 0 aliphatic carbocycles.